The van der Waals surface area contributed by atoms with Crippen molar-refractivity contribution >= 4 is 83.8 Å². The lowest BCUT2D eigenvalue weighted by atomic mass is 9.33. The molecule has 0 fully saturated rings. The fraction of sp³-hybridized carbons (Fsp3) is 0. The molecule has 0 aliphatic carbocycles. The second-order valence-corrected chi connectivity index (χ2v) is 31.4. The van der Waals surface area contributed by atoms with E-state index in [1.54, 1.807) is 0 Å². The van der Waals surface area contributed by atoms with Gasteiger partial charge in [-0.05, 0) is 241 Å². The van der Waals surface area contributed by atoms with Crippen LogP contribution < -0.4 is 21.3 Å². The zero-order valence-electron chi connectivity index (χ0n) is 64.6. The highest BCUT2D eigenvalue weighted by Gasteiger charge is 2.43. The molecular weight excluding hydrogens is 1420 g/mol. The van der Waals surface area contributed by atoms with E-state index in [-0.39, 0.29) is 6.71 Å². The SMILES string of the molecule is c1ccc(-c2ccc(-c3ccccc3-c3ccc4c(c3)B3c5c(cc(-n6c7cc(-c8cc(-c9ccccc9)cc(-c9ccccc9)c8)ccc7c7ccc(-c8cc(-c9ccccc9)cc(-c9ccccc9)c8)cc76)cc5-n5c6ccccc6c6cc(-c7ccccc7-c7ccc(-c8ccccc8)cc7)cc3c65)N4c3ccccc3)cc2)cc1. The summed E-state index contributed by atoms with van der Waals surface area (Å²) in [5.41, 5.74) is 42.0. The lowest BCUT2D eigenvalue weighted by Crippen LogP contribution is -2.60. The molecule has 0 atom stereocenters. The number of hydrogen-bond acceptors (Lipinski definition) is 1. The van der Waals surface area contributed by atoms with E-state index in [2.05, 4.69) is 463 Å². The Kier molecular flexibility index (Phi) is 16.4. The zero-order valence-corrected chi connectivity index (χ0v) is 64.6. The number of hydrogen-bond donors (Lipinski definition) is 0. The molecule has 21 aromatic rings. The van der Waals surface area contributed by atoms with Crippen molar-refractivity contribution in [2.24, 2.45) is 0 Å². The number of nitrogens with zero attached hydrogens (tertiary/aromatic N) is 3. The van der Waals surface area contributed by atoms with Crippen LogP contribution in [0.25, 0.3) is 189 Å². The van der Waals surface area contributed by atoms with E-state index in [9.17, 15) is 0 Å². The molecule has 0 bridgehead atoms. The summed E-state index contributed by atoms with van der Waals surface area (Å²) in [7, 11) is 0. The Morgan fingerprint density at radius 2 is 0.492 bits per heavy atom. The van der Waals surface area contributed by atoms with Crippen molar-refractivity contribution < 1.29 is 0 Å². The van der Waals surface area contributed by atoms with E-state index in [1.807, 2.05) is 0 Å². The van der Waals surface area contributed by atoms with Crippen molar-refractivity contribution in [3.05, 3.63) is 449 Å². The maximum absolute atomic E-state index is 2.65. The van der Waals surface area contributed by atoms with Crippen molar-refractivity contribution in [3.63, 3.8) is 0 Å². The molecule has 0 N–H and O–H groups in total. The first-order chi connectivity index (χ1) is 58.5. The predicted molar refractivity (Wildman–Crippen MR) is 500 cm³/mol. The number of anilines is 3. The van der Waals surface area contributed by atoms with Gasteiger partial charge in [0.2, 0.25) is 0 Å². The summed E-state index contributed by atoms with van der Waals surface area (Å²) in [5, 5.41) is 4.76. The third-order valence-corrected chi connectivity index (χ3v) is 24.7. The molecule has 2 aromatic heterocycles. The largest absolute Gasteiger partial charge is 0.311 e. The molecule has 4 heterocycles. The van der Waals surface area contributed by atoms with Gasteiger partial charge in [-0.25, -0.2) is 0 Å². The van der Waals surface area contributed by atoms with Gasteiger partial charge in [-0.1, -0.05) is 358 Å². The molecule has 548 valence electrons. The Labute approximate surface area is 686 Å². The summed E-state index contributed by atoms with van der Waals surface area (Å²) < 4.78 is 5.26. The molecule has 23 rings (SSSR count). The first-order valence-corrected chi connectivity index (χ1v) is 40.9. The normalized spacial score (nSPS) is 12.0. The van der Waals surface area contributed by atoms with Crippen LogP contribution in [0.1, 0.15) is 0 Å². The molecule has 2 aliphatic rings. The molecule has 2 aliphatic heterocycles. The van der Waals surface area contributed by atoms with Crippen LogP contribution in [0.4, 0.5) is 17.1 Å². The van der Waals surface area contributed by atoms with Gasteiger partial charge in [0, 0.05) is 49.8 Å². The first-order valence-electron chi connectivity index (χ1n) is 40.9. The molecule has 3 nitrogen and oxygen atoms in total. The molecule has 4 heteroatoms. The van der Waals surface area contributed by atoms with E-state index in [1.165, 1.54) is 149 Å². The van der Waals surface area contributed by atoms with Gasteiger partial charge in [-0.15, -0.1) is 0 Å². The predicted octanol–water partition coefficient (Wildman–Crippen LogP) is 28.5. The summed E-state index contributed by atoms with van der Waals surface area (Å²) in [4.78, 5) is 2.59. The van der Waals surface area contributed by atoms with Gasteiger partial charge in [0.25, 0.3) is 6.71 Å². The second-order valence-electron chi connectivity index (χ2n) is 31.4. The van der Waals surface area contributed by atoms with Gasteiger partial charge in [0.1, 0.15) is 0 Å². The Hall–Kier alpha value is -15.4. The minimum Gasteiger partial charge on any atom is -0.311 e. The van der Waals surface area contributed by atoms with E-state index in [4.69, 9.17) is 0 Å². The summed E-state index contributed by atoms with van der Waals surface area (Å²) in [6, 6.07) is 168. The number of aromatic nitrogens is 2. The Balaban J connectivity index is 0.802. The van der Waals surface area contributed by atoms with Crippen LogP contribution in [0.3, 0.4) is 0 Å². The Morgan fingerprint density at radius 3 is 0.949 bits per heavy atom. The molecule has 0 saturated carbocycles. The quantitative estimate of drug-likeness (QED) is 0.0989. The van der Waals surface area contributed by atoms with E-state index >= 15 is 0 Å². The van der Waals surface area contributed by atoms with Crippen LogP contribution in [0.15, 0.2) is 449 Å². The fourth-order valence-electron chi connectivity index (χ4n) is 19.1. The summed E-state index contributed by atoms with van der Waals surface area (Å²) in [6.45, 7) is -0.245. The third-order valence-electron chi connectivity index (χ3n) is 24.7. The average molecular weight is 1500 g/mol. The van der Waals surface area contributed by atoms with Crippen LogP contribution in [-0.2, 0) is 0 Å². The molecule has 19 aromatic carbocycles. The van der Waals surface area contributed by atoms with Crippen LogP contribution in [-0.4, -0.2) is 15.8 Å². The van der Waals surface area contributed by atoms with Crippen LogP contribution >= 0.6 is 0 Å². The lowest BCUT2D eigenvalue weighted by molar-refractivity contribution is 1.13. The maximum atomic E-state index is 2.65. The van der Waals surface area contributed by atoms with Crippen LogP contribution in [0.5, 0.6) is 0 Å². The second kappa shape index (κ2) is 28.3. The number of benzene rings is 19. The minimum atomic E-state index is -0.245. The molecule has 0 amide bonds. The van der Waals surface area contributed by atoms with Crippen LogP contribution in [0.2, 0.25) is 0 Å². The highest BCUT2D eigenvalue weighted by atomic mass is 15.2. The van der Waals surface area contributed by atoms with E-state index in [0.717, 1.165) is 72.8 Å². The summed E-state index contributed by atoms with van der Waals surface area (Å²) in [5.74, 6) is 0. The summed E-state index contributed by atoms with van der Waals surface area (Å²) >= 11 is 0. The monoisotopic (exact) mass is 1500 g/mol. The van der Waals surface area contributed by atoms with Gasteiger partial charge < -0.3 is 14.0 Å². The Morgan fingerprint density at radius 1 is 0.161 bits per heavy atom. The highest BCUT2D eigenvalue weighted by Crippen LogP contribution is 2.49. The minimum absolute atomic E-state index is 0.245. The van der Waals surface area contributed by atoms with Crippen molar-refractivity contribution in [1.82, 2.24) is 9.13 Å². The molecule has 0 unspecified atom stereocenters. The summed E-state index contributed by atoms with van der Waals surface area (Å²) in [6.07, 6.45) is 0. The van der Waals surface area contributed by atoms with Crippen LogP contribution in [0, 0.1) is 0 Å². The van der Waals surface area contributed by atoms with Gasteiger partial charge in [0.15, 0.2) is 0 Å². The lowest BCUT2D eigenvalue weighted by Gasteiger charge is -2.41. The number of fused-ring (bicyclic) bond motifs is 10. The highest BCUT2D eigenvalue weighted by molar-refractivity contribution is 7.00. The molecule has 0 saturated heterocycles. The van der Waals surface area contributed by atoms with Crippen molar-refractivity contribution in [3.8, 4) is 145 Å². The molecular formula is C114H74BN3. The first kappa shape index (κ1) is 68.3. The van der Waals surface area contributed by atoms with Gasteiger partial charge >= 0.3 is 0 Å². The number of rotatable bonds is 14. The maximum Gasteiger partial charge on any atom is 0.252 e. The van der Waals surface area contributed by atoms with Crippen molar-refractivity contribution in [1.29, 1.82) is 0 Å². The number of para-hydroxylation sites is 2. The zero-order chi connectivity index (χ0) is 77.7. The van der Waals surface area contributed by atoms with Crippen molar-refractivity contribution in [2.45, 2.75) is 0 Å². The molecule has 0 radical (unpaired) electrons. The van der Waals surface area contributed by atoms with Gasteiger partial charge in [0.05, 0.1) is 22.2 Å². The fourth-order valence-corrected chi connectivity index (χ4v) is 19.1. The Bertz CT molecular complexity index is 7180. The van der Waals surface area contributed by atoms with E-state index in [0.29, 0.717) is 0 Å². The van der Waals surface area contributed by atoms with Crippen molar-refractivity contribution in [2.75, 3.05) is 4.90 Å². The molecule has 0 spiro atoms. The third kappa shape index (κ3) is 11.7. The smallest absolute Gasteiger partial charge is 0.252 e. The van der Waals surface area contributed by atoms with Gasteiger partial charge in [-0.3, -0.25) is 0 Å². The standard InChI is InChI=1S/C114H74BN3/c1-8-28-75(29-9-1)81-48-52-83(53-49-81)97-42-22-24-44-99(97)87-58-61-108-105(69-87)115-106-70-94(100-45-25-23-43-98(100)84-54-50-82(51-55-84)76-30-10-2-11-31-76)68-104-101-46-26-27-47-107(101)118(114(104)106)112-74-96(73-111(113(112)115)116(108)95-40-20-7-21-41-95)117-109-71-85(92-64-88(77-32-12-3-13-33-77)62-89(65-92)78-34-14-4-15-35-78)56-59-102(109)103-60-57-86(72-110(103)117)93-66-90(79-36-16-5-17-37-79)63-91(67-93)80-38-18-6-19-39-80/h1-74H. The topological polar surface area (TPSA) is 13.1 Å². The van der Waals surface area contributed by atoms with E-state index < -0.39 is 0 Å². The van der Waals surface area contributed by atoms with Gasteiger partial charge in [-0.2, -0.15) is 0 Å². The average Bonchev–Trinajstić information content (AvgIpc) is 1.43. The molecule has 118 heavy (non-hydrogen) atoms.